The van der Waals surface area contributed by atoms with Crippen LogP contribution in [-0.4, -0.2) is 41.8 Å². The molecule has 3 nitrogen and oxygen atoms in total. The highest BCUT2D eigenvalue weighted by molar-refractivity contribution is 5.31. The summed E-state index contributed by atoms with van der Waals surface area (Å²) < 4.78 is 18.8. The number of aliphatic hydroxyl groups excluding tert-OH is 1. The van der Waals surface area contributed by atoms with Gasteiger partial charge in [0.15, 0.2) is 0 Å². The monoisotopic (exact) mass is 293 g/mol. The lowest BCUT2D eigenvalue weighted by atomic mass is 9.82. The van der Waals surface area contributed by atoms with E-state index < -0.39 is 6.10 Å². The Hall–Kier alpha value is -0.970. The number of rotatable bonds is 3. The first-order valence-electron chi connectivity index (χ1n) is 7.90. The summed E-state index contributed by atoms with van der Waals surface area (Å²) >= 11 is 0. The second-order valence-electron chi connectivity index (χ2n) is 6.31. The van der Waals surface area contributed by atoms with Gasteiger partial charge in [-0.25, -0.2) is 4.39 Å². The predicted molar refractivity (Wildman–Crippen MR) is 79.7 cm³/mol. The number of aliphatic hydroxyl groups is 1. The summed E-state index contributed by atoms with van der Waals surface area (Å²) in [4.78, 5) is 2.40. The van der Waals surface area contributed by atoms with Crippen LogP contribution < -0.4 is 0 Å². The van der Waals surface area contributed by atoms with E-state index in [0.29, 0.717) is 0 Å². The van der Waals surface area contributed by atoms with Crippen molar-refractivity contribution in [2.75, 3.05) is 26.3 Å². The summed E-state index contributed by atoms with van der Waals surface area (Å²) in [6.07, 6.45) is 3.75. The molecular weight excluding hydrogens is 269 g/mol. The van der Waals surface area contributed by atoms with E-state index in [1.54, 1.807) is 6.07 Å². The molecule has 1 saturated carbocycles. The first kappa shape index (κ1) is 14.9. The number of hydrogen-bond acceptors (Lipinski definition) is 3. The third kappa shape index (κ3) is 2.72. The molecule has 4 heteroatoms. The van der Waals surface area contributed by atoms with Crippen LogP contribution in [0.3, 0.4) is 0 Å². The van der Waals surface area contributed by atoms with Crippen molar-refractivity contribution in [2.45, 2.75) is 44.2 Å². The van der Waals surface area contributed by atoms with Crippen LogP contribution >= 0.6 is 0 Å². The van der Waals surface area contributed by atoms with Gasteiger partial charge in [0, 0.05) is 13.1 Å². The Morgan fingerprint density at radius 1 is 1.24 bits per heavy atom. The molecule has 1 saturated heterocycles. The normalized spacial score (nSPS) is 24.1. The molecule has 1 aromatic rings. The van der Waals surface area contributed by atoms with Gasteiger partial charge in [0.2, 0.25) is 0 Å². The Morgan fingerprint density at radius 2 is 1.90 bits per heavy atom. The maximum absolute atomic E-state index is 13.3. The highest BCUT2D eigenvalue weighted by atomic mass is 19.1. The fourth-order valence-corrected chi connectivity index (χ4v) is 3.99. The topological polar surface area (TPSA) is 32.7 Å². The molecule has 0 aromatic heterocycles. The summed E-state index contributed by atoms with van der Waals surface area (Å²) in [5, 5.41) is 11.1. The molecule has 1 aromatic carbocycles. The van der Waals surface area contributed by atoms with Crippen molar-refractivity contribution in [3.05, 3.63) is 35.1 Å². The number of benzene rings is 1. The predicted octanol–water partition coefficient (Wildman–Crippen LogP) is 2.81. The number of nitrogens with zero attached hydrogens (tertiary/aromatic N) is 1. The summed E-state index contributed by atoms with van der Waals surface area (Å²) in [7, 11) is 0. The van der Waals surface area contributed by atoms with E-state index in [1.165, 1.54) is 12.1 Å². The zero-order valence-corrected chi connectivity index (χ0v) is 12.6. The zero-order valence-electron chi connectivity index (χ0n) is 12.6. The highest BCUT2D eigenvalue weighted by Gasteiger charge is 2.46. The number of ether oxygens (including phenoxy) is 1. The van der Waals surface area contributed by atoms with E-state index in [4.69, 9.17) is 4.74 Å². The van der Waals surface area contributed by atoms with Crippen molar-refractivity contribution in [1.29, 1.82) is 0 Å². The van der Waals surface area contributed by atoms with Crippen molar-refractivity contribution < 1.29 is 14.2 Å². The van der Waals surface area contributed by atoms with Crippen molar-refractivity contribution in [3.8, 4) is 0 Å². The van der Waals surface area contributed by atoms with E-state index in [9.17, 15) is 9.50 Å². The van der Waals surface area contributed by atoms with Gasteiger partial charge in [0.1, 0.15) is 5.82 Å². The molecule has 0 bridgehead atoms. The number of hydrogen-bond donors (Lipinski definition) is 1. The fraction of sp³-hybridized carbons (Fsp3) is 0.647. The molecule has 0 amide bonds. The fourth-order valence-electron chi connectivity index (χ4n) is 3.99. The molecule has 21 heavy (non-hydrogen) atoms. The quantitative estimate of drug-likeness (QED) is 0.930. The van der Waals surface area contributed by atoms with Gasteiger partial charge in [0.05, 0.1) is 24.9 Å². The van der Waals surface area contributed by atoms with Crippen LogP contribution in [0.4, 0.5) is 4.39 Å². The number of aryl methyl sites for hydroxylation is 1. The van der Waals surface area contributed by atoms with Crippen molar-refractivity contribution in [3.63, 3.8) is 0 Å². The highest BCUT2D eigenvalue weighted by Crippen LogP contribution is 2.45. The first-order valence-corrected chi connectivity index (χ1v) is 7.90. The minimum Gasteiger partial charge on any atom is -0.386 e. The van der Waals surface area contributed by atoms with E-state index in [2.05, 4.69) is 4.90 Å². The molecule has 2 fully saturated rings. The Bertz CT molecular complexity index is 494. The van der Waals surface area contributed by atoms with Gasteiger partial charge in [-0.3, -0.25) is 4.90 Å². The molecule has 1 heterocycles. The van der Waals surface area contributed by atoms with Gasteiger partial charge >= 0.3 is 0 Å². The van der Waals surface area contributed by atoms with Gasteiger partial charge < -0.3 is 9.84 Å². The third-order valence-electron chi connectivity index (χ3n) is 5.15. The molecule has 1 aliphatic heterocycles. The van der Waals surface area contributed by atoms with Crippen LogP contribution in [0, 0.1) is 12.7 Å². The standard InChI is InChI=1S/C17H24FNO2/c1-13-12-14(18)4-5-15(13)16(20)17(6-2-3-7-17)19-8-10-21-11-9-19/h4-5,12,16,20H,2-3,6-11H2,1H3. The molecule has 1 N–H and O–H groups in total. The second-order valence-corrected chi connectivity index (χ2v) is 6.31. The molecule has 0 spiro atoms. The number of morpholine rings is 1. The average Bonchev–Trinajstić information content (AvgIpc) is 2.98. The summed E-state index contributed by atoms with van der Waals surface area (Å²) in [6.45, 7) is 5.09. The van der Waals surface area contributed by atoms with Crippen molar-refractivity contribution in [1.82, 2.24) is 4.90 Å². The molecule has 116 valence electrons. The van der Waals surface area contributed by atoms with Crippen LogP contribution in [0.25, 0.3) is 0 Å². The van der Waals surface area contributed by atoms with Crippen LogP contribution in [0.1, 0.15) is 42.9 Å². The first-order chi connectivity index (χ1) is 10.1. The molecule has 3 rings (SSSR count). The molecule has 0 radical (unpaired) electrons. The lowest BCUT2D eigenvalue weighted by Gasteiger charge is -2.46. The SMILES string of the molecule is Cc1cc(F)ccc1C(O)C1(N2CCOCC2)CCCC1. The van der Waals surface area contributed by atoms with Crippen LogP contribution in [0.15, 0.2) is 18.2 Å². The van der Waals surface area contributed by atoms with Gasteiger partial charge in [-0.05, 0) is 43.0 Å². The van der Waals surface area contributed by atoms with E-state index in [0.717, 1.165) is 63.1 Å². The Kier molecular flexibility index (Phi) is 4.29. The average molecular weight is 293 g/mol. The largest absolute Gasteiger partial charge is 0.386 e. The summed E-state index contributed by atoms with van der Waals surface area (Å²) in [5.41, 5.74) is 1.50. The van der Waals surface area contributed by atoms with Crippen LogP contribution in [0.5, 0.6) is 0 Å². The maximum atomic E-state index is 13.3. The molecular formula is C17H24FNO2. The smallest absolute Gasteiger partial charge is 0.123 e. The van der Waals surface area contributed by atoms with E-state index in [-0.39, 0.29) is 11.4 Å². The Morgan fingerprint density at radius 3 is 2.52 bits per heavy atom. The van der Waals surface area contributed by atoms with Gasteiger partial charge in [-0.2, -0.15) is 0 Å². The third-order valence-corrected chi connectivity index (χ3v) is 5.15. The zero-order chi connectivity index (χ0) is 14.9. The molecule has 1 atom stereocenters. The van der Waals surface area contributed by atoms with Crippen LogP contribution in [-0.2, 0) is 4.74 Å². The van der Waals surface area contributed by atoms with Crippen molar-refractivity contribution >= 4 is 0 Å². The second kappa shape index (κ2) is 6.03. The maximum Gasteiger partial charge on any atom is 0.123 e. The van der Waals surface area contributed by atoms with Gasteiger partial charge in [0.25, 0.3) is 0 Å². The number of halogens is 1. The van der Waals surface area contributed by atoms with E-state index >= 15 is 0 Å². The van der Waals surface area contributed by atoms with Gasteiger partial charge in [-0.1, -0.05) is 18.9 Å². The molecule has 1 aliphatic carbocycles. The lowest BCUT2D eigenvalue weighted by Crippen LogP contribution is -2.55. The Labute approximate surface area is 125 Å². The Balaban J connectivity index is 1.92. The van der Waals surface area contributed by atoms with Gasteiger partial charge in [-0.15, -0.1) is 0 Å². The lowest BCUT2D eigenvalue weighted by molar-refractivity contribution is -0.0776. The summed E-state index contributed by atoms with van der Waals surface area (Å²) in [6, 6.07) is 4.71. The minimum absolute atomic E-state index is 0.202. The van der Waals surface area contributed by atoms with E-state index in [1.807, 2.05) is 6.92 Å². The summed E-state index contributed by atoms with van der Waals surface area (Å²) in [5.74, 6) is -0.240. The van der Waals surface area contributed by atoms with Crippen molar-refractivity contribution in [2.24, 2.45) is 0 Å². The van der Waals surface area contributed by atoms with Crippen LogP contribution in [0.2, 0.25) is 0 Å². The minimum atomic E-state index is -0.557. The molecule has 2 aliphatic rings. The molecule has 1 unspecified atom stereocenters.